The van der Waals surface area contributed by atoms with Crippen LogP contribution in [0.3, 0.4) is 0 Å². The number of carbonyl (C=O) groups excluding carboxylic acids is 1. The van der Waals surface area contributed by atoms with E-state index in [1.54, 1.807) is 20.8 Å². The van der Waals surface area contributed by atoms with Gasteiger partial charge in [-0.25, -0.2) is 9.59 Å². The van der Waals surface area contributed by atoms with Gasteiger partial charge < -0.3 is 20.9 Å². The summed E-state index contributed by atoms with van der Waals surface area (Å²) < 4.78 is 4.99. The second-order valence-corrected chi connectivity index (χ2v) is 4.82. The van der Waals surface area contributed by atoms with E-state index in [9.17, 15) is 9.59 Å². The molecule has 7 heteroatoms. The van der Waals surface area contributed by atoms with Crippen LogP contribution in [-0.4, -0.2) is 35.4 Å². The molecule has 0 bridgehead atoms. The molecule has 0 saturated carbocycles. The van der Waals surface area contributed by atoms with Gasteiger partial charge in [-0.3, -0.25) is 0 Å². The minimum Gasteiger partial charge on any atom is -0.480 e. The normalized spacial score (nSPS) is 12.2. The fraction of sp³-hybridized carbons (Fsp3) is 0.818. The van der Waals surface area contributed by atoms with Crippen molar-refractivity contribution in [2.45, 2.75) is 51.7 Å². The first kappa shape index (κ1) is 19.6. The molecule has 1 atom stereocenters. The van der Waals surface area contributed by atoms with E-state index >= 15 is 0 Å². The number of unbranched alkanes of at least 4 members (excludes halogenated alkanes) is 1. The van der Waals surface area contributed by atoms with E-state index in [0.29, 0.717) is 19.4 Å². The van der Waals surface area contributed by atoms with E-state index in [0.717, 1.165) is 6.42 Å². The zero-order valence-electron chi connectivity index (χ0n) is 11.0. The zero-order valence-corrected chi connectivity index (χ0v) is 11.9. The number of hydrogen-bond acceptors (Lipinski definition) is 4. The summed E-state index contributed by atoms with van der Waals surface area (Å²) in [6, 6.07) is -0.920. The molecule has 0 aromatic carbocycles. The summed E-state index contributed by atoms with van der Waals surface area (Å²) >= 11 is 0. The minimum atomic E-state index is -1.06. The van der Waals surface area contributed by atoms with Gasteiger partial charge in [-0.1, -0.05) is 0 Å². The predicted molar refractivity (Wildman–Crippen MR) is 63.7 cm³/mol. The van der Waals surface area contributed by atoms with Crippen LogP contribution in [0.15, 0.2) is 0 Å². The topological polar surface area (TPSA) is 102 Å². The molecule has 0 aliphatic rings. The molecule has 1 radical (unpaired) electrons. The molecule has 1 amide bonds. The molecule has 4 N–H and O–H groups in total. The molecule has 0 rings (SSSR count). The monoisotopic (exact) mass is 309 g/mol. The minimum absolute atomic E-state index is 0. The van der Waals surface area contributed by atoms with Gasteiger partial charge in [-0.05, 0) is 46.6 Å². The van der Waals surface area contributed by atoms with Gasteiger partial charge in [0.15, 0.2) is 0 Å². The molecule has 0 heterocycles. The smallest absolute Gasteiger partial charge is 0.408 e. The van der Waals surface area contributed by atoms with Gasteiger partial charge in [0, 0.05) is 17.1 Å². The van der Waals surface area contributed by atoms with Crippen molar-refractivity contribution >= 4 is 12.1 Å². The molecule has 111 valence electrons. The number of alkyl carbamates (subject to hydrolysis) is 1. The second-order valence-electron chi connectivity index (χ2n) is 4.82. The van der Waals surface area contributed by atoms with Crippen molar-refractivity contribution in [1.82, 2.24) is 5.32 Å². The van der Waals surface area contributed by atoms with Crippen LogP contribution in [0, 0.1) is 0 Å². The van der Waals surface area contributed by atoms with Crippen molar-refractivity contribution in [3.8, 4) is 0 Å². The van der Waals surface area contributed by atoms with Crippen LogP contribution < -0.4 is 11.1 Å². The maximum absolute atomic E-state index is 11.4. The molecule has 0 aliphatic heterocycles. The summed E-state index contributed by atoms with van der Waals surface area (Å²) in [5.41, 5.74) is 4.68. The number of aliphatic carboxylic acids is 1. The molecule has 0 aromatic rings. The Kier molecular flexibility index (Phi) is 9.98. The SMILES string of the molecule is CC(C)(C)OC(=O)N[C@@H](CCCCN)C(=O)O.[Cu]. The van der Waals surface area contributed by atoms with Gasteiger partial charge in [-0.15, -0.1) is 0 Å². The number of amides is 1. The van der Waals surface area contributed by atoms with Gasteiger partial charge in [0.1, 0.15) is 11.6 Å². The third-order valence-electron chi connectivity index (χ3n) is 1.94. The maximum Gasteiger partial charge on any atom is 0.408 e. The summed E-state index contributed by atoms with van der Waals surface area (Å²) in [6.07, 6.45) is 1.03. The molecule has 0 unspecified atom stereocenters. The quantitative estimate of drug-likeness (QED) is 0.503. The van der Waals surface area contributed by atoms with Crippen molar-refractivity contribution < 1.29 is 36.5 Å². The fourth-order valence-corrected chi connectivity index (χ4v) is 1.20. The number of carboxylic acids is 1. The molecule has 6 nitrogen and oxygen atoms in total. The third-order valence-corrected chi connectivity index (χ3v) is 1.94. The Morgan fingerprint density at radius 1 is 1.33 bits per heavy atom. The van der Waals surface area contributed by atoms with Crippen molar-refractivity contribution in [1.29, 1.82) is 0 Å². The van der Waals surface area contributed by atoms with E-state index in [-0.39, 0.29) is 17.1 Å². The third kappa shape index (κ3) is 10.4. The Morgan fingerprint density at radius 2 is 1.89 bits per heavy atom. The summed E-state index contributed by atoms with van der Waals surface area (Å²) in [6.45, 7) is 5.67. The average molecular weight is 310 g/mol. The van der Waals surface area contributed by atoms with Crippen LogP contribution in [0.1, 0.15) is 40.0 Å². The number of nitrogens with one attached hydrogen (secondary N) is 1. The van der Waals surface area contributed by atoms with E-state index in [1.807, 2.05) is 0 Å². The maximum atomic E-state index is 11.4. The molecule has 0 fully saturated rings. The average Bonchev–Trinajstić information content (AvgIpc) is 2.13. The van der Waals surface area contributed by atoms with Crippen LogP contribution in [0.5, 0.6) is 0 Å². The first-order valence-corrected chi connectivity index (χ1v) is 5.68. The zero-order chi connectivity index (χ0) is 13.5. The van der Waals surface area contributed by atoms with Crippen LogP contribution >= 0.6 is 0 Å². The predicted octanol–water partition coefficient (Wildman–Crippen LogP) is 1.09. The molecular weight excluding hydrogens is 288 g/mol. The molecule has 0 saturated heterocycles. The number of ether oxygens (including phenoxy) is 1. The summed E-state index contributed by atoms with van der Waals surface area (Å²) in [4.78, 5) is 22.3. The summed E-state index contributed by atoms with van der Waals surface area (Å²) in [7, 11) is 0. The van der Waals surface area contributed by atoms with Crippen molar-refractivity contribution in [3.05, 3.63) is 0 Å². The standard InChI is InChI=1S/C11H22N2O4.Cu/c1-11(2,3)17-10(16)13-8(9(14)15)6-4-5-7-12;/h8H,4-7,12H2,1-3H3,(H,13,16)(H,14,15);/t8-;/m0./s1. The first-order chi connectivity index (χ1) is 7.76. The van der Waals surface area contributed by atoms with E-state index in [4.69, 9.17) is 15.6 Å². The van der Waals surface area contributed by atoms with Crippen LogP contribution in [0.25, 0.3) is 0 Å². The number of rotatable bonds is 6. The van der Waals surface area contributed by atoms with Gasteiger partial charge in [0.25, 0.3) is 0 Å². The van der Waals surface area contributed by atoms with Crippen molar-refractivity contribution in [2.24, 2.45) is 5.73 Å². The second kappa shape index (κ2) is 9.19. The van der Waals surface area contributed by atoms with Crippen LogP contribution in [-0.2, 0) is 26.6 Å². The number of nitrogens with two attached hydrogens (primary N) is 1. The Bertz CT molecular complexity index is 266. The number of hydrogen-bond donors (Lipinski definition) is 3. The molecular formula is C11H22CuN2O4. The van der Waals surface area contributed by atoms with Gasteiger partial charge >= 0.3 is 12.1 Å². The van der Waals surface area contributed by atoms with Crippen molar-refractivity contribution in [2.75, 3.05) is 6.54 Å². The first-order valence-electron chi connectivity index (χ1n) is 5.68. The van der Waals surface area contributed by atoms with E-state index < -0.39 is 23.7 Å². The summed E-state index contributed by atoms with van der Waals surface area (Å²) in [5, 5.41) is 11.2. The molecule has 0 aliphatic carbocycles. The molecule has 0 spiro atoms. The number of carboxylic acid groups (broad SMARTS) is 1. The van der Waals surface area contributed by atoms with E-state index in [2.05, 4.69) is 5.32 Å². The fourth-order valence-electron chi connectivity index (χ4n) is 1.20. The van der Waals surface area contributed by atoms with Gasteiger partial charge in [-0.2, -0.15) is 0 Å². The summed E-state index contributed by atoms with van der Waals surface area (Å²) in [5.74, 6) is -1.06. The Morgan fingerprint density at radius 3 is 2.28 bits per heavy atom. The van der Waals surface area contributed by atoms with Crippen LogP contribution in [0.2, 0.25) is 0 Å². The number of carbonyl (C=O) groups is 2. The Balaban J connectivity index is 0. The Hall–Kier alpha value is -0.781. The van der Waals surface area contributed by atoms with Gasteiger partial charge in [0.05, 0.1) is 0 Å². The largest absolute Gasteiger partial charge is 0.480 e. The molecule has 18 heavy (non-hydrogen) atoms. The van der Waals surface area contributed by atoms with Crippen LogP contribution in [0.4, 0.5) is 4.79 Å². The molecule has 0 aromatic heterocycles. The van der Waals surface area contributed by atoms with Crippen molar-refractivity contribution in [3.63, 3.8) is 0 Å². The van der Waals surface area contributed by atoms with E-state index in [1.165, 1.54) is 0 Å². The Labute approximate surface area is 118 Å². The van der Waals surface area contributed by atoms with Gasteiger partial charge in [0.2, 0.25) is 0 Å².